The van der Waals surface area contributed by atoms with Crippen LogP contribution in [-0.4, -0.2) is 46.6 Å². The molecule has 2 unspecified atom stereocenters. The van der Waals surface area contributed by atoms with E-state index in [4.69, 9.17) is 0 Å². The molecule has 7 nitrogen and oxygen atoms in total. The molecule has 0 bridgehead atoms. The number of amides is 1. The van der Waals surface area contributed by atoms with Crippen molar-refractivity contribution in [3.63, 3.8) is 0 Å². The second-order valence-corrected chi connectivity index (χ2v) is 8.46. The summed E-state index contributed by atoms with van der Waals surface area (Å²) in [5.74, 6) is 0.415. The number of para-hydroxylation sites is 1. The predicted molar refractivity (Wildman–Crippen MR) is 120 cm³/mol. The fourth-order valence-electron chi connectivity index (χ4n) is 4.57. The van der Waals surface area contributed by atoms with Crippen LogP contribution in [0.25, 0.3) is 10.9 Å². The number of nitrogens with zero attached hydrogens (tertiary/aromatic N) is 3. The number of carbonyl (C=O) groups excluding carboxylic acids is 1. The van der Waals surface area contributed by atoms with Gasteiger partial charge >= 0.3 is 0 Å². The molecule has 2 atom stereocenters. The highest BCUT2D eigenvalue weighted by Gasteiger charge is 2.32. The number of pyridine rings is 2. The summed E-state index contributed by atoms with van der Waals surface area (Å²) in [6, 6.07) is 16.0. The molecule has 2 aliphatic rings. The van der Waals surface area contributed by atoms with Crippen LogP contribution < -0.4 is 16.2 Å². The molecule has 2 saturated heterocycles. The Morgan fingerprint density at radius 2 is 1.94 bits per heavy atom. The number of likely N-dealkylation sites (tertiary alicyclic amines) is 1. The smallest absolute Gasteiger partial charge is 0.269 e. The maximum absolute atomic E-state index is 12.6. The summed E-state index contributed by atoms with van der Waals surface area (Å²) in [7, 11) is 0. The van der Waals surface area contributed by atoms with Crippen LogP contribution >= 0.6 is 0 Å². The van der Waals surface area contributed by atoms with E-state index in [9.17, 15) is 4.79 Å². The summed E-state index contributed by atoms with van der Waals surface area (Å²) in [4.78, 5) is 23.8. The zero-order valence-corrected chi connectivity index (χ0v) is 17.5. The van der Waals surface area contributed by atoms with E-state index in [1.54, 1.807) is 6.07 Å². The summed E-state index contributed by atoms with van der Waals surface area (Å²) in [5, 5.41) is 4.14. The van der Waals surface area contributed by atoms with E-state index < -0.39 is 0 Å². The molecule has 0 spiro atoms. The average Bonchev–Trinajstić information content (AvgIpc) is 3.33. The summed E-state index contributed by atoms with van der Waals surface area (Å²) >= 11 is 0. The van der Waals surface area contributed by atoms with Crippen molar-refractivity contribution in [3.05, 3.63) is 72.2 Å². The standard InChI is InChI=1S/C24H28N6O/c31-24(21-8-7-18-4-1-2-6-20(18)27-21)26-15-17-9-12-30(13-10-17)23-14-22(28-29-23)19-5-3-11-25-16-19/h1-8,11,16-17,22-23,28-29H,9-10,12-15H2,(H,26,31). The second-order valence-electron chi connectivity index (χ2n) is 8.46. The number of aromatic nitrogens is 2. The molecule has 1 aromatic carbocycles. The Labute approximate surface area is 182 Å². The molecule has 0 saturated carbocycles. The van der Waals surface area contributed by atoms with Crippen molar-refractivity contribution in [1.29, 1.82) is 0 Å². The lowest BCUT2D eigenvalue weighted by Gasteiger charge is -2.35. The largest absolute Gasteiger partial charge is 0.350 e. The van der Waals surface area contributed by atoms with E-state index in [2.05, 4.69) is 37.1 Å². The van der Waals surface area contributed by atoms with Gasteiger partial charge in [-0.2, -0.15) is 0 Å². The first-order valence-corrected chi connectivity index (χ1v) is 11.1. The zero-order valence-electron chi connectivity index (χ0n) is 17.5. The van der Waals surface area contributed by atoms with Gasteiger partial charge in [0, 0.05) is 24.3 Å². The van der Waals surface area contributed by atoms with Crippen LogP contribution in [0.3, 0.4) is 0 Å². The van der Waals surface area contributed by atoms with Crippen molar-refractivity contribution >= 4 is 16.8 Å². The average molecular weight is 417 g/mol. The minimum atomic E-state index is -0.0887. The predicted octanol–water partition coefficient (Wildman–Crippen LogP) is 2.64. The lowest BCUT2D eigenvalue weighted by molar-refractivity contribution is 0.0910. The van der Waals surface area contributed by atoms with Gasteiger partial charge in [-0.1, -0.05) is 30.3 Å². The number of carbonyl (C=O) groups is 1. The fourth-order valence-corrected chi connectivity index (χ4v) is 4.57. The van der Waals surface area contributed by atoms with E-state index in [0.717, 1.165) is 43.3 Å². The highest BCUT2D eigenvalue weighted by molar-refractivity contribution is 5.94. The number of benzene rings is 1. The van der Waals surface area contributed by atoms with Gasteiger partial charge in [-0.25, -0.2) is 15.8 Å². The molecular weight excluding hydrogens is 388 g/mol. The second kappa shape index (κ2) is 9.09. The first-order chi connectivity index (χ1) is 15.3. The minimum absolute atomic E-state index is 0.0887. The van der Waals surface area contributed by atoms with Crippen molar-refractivity contribution in [2.24, 2.45) is 5.92 Å². The number of piperidine rings is 1. The van der Waals surface area contributed by atoms with Crippen LogP contribution in [-0.2, 0) is 0 Å². The lowest BCUT2D eigenvalue weighted by Crippen LogP contribution is -2.49. The molecule has 2 aliphatic heterocycles. The number of hydrogen-bond donors (Lipinski definition) is 3. The molecule has 2 fully saturated rings. The van der Waals surface area contributed by atoms with Gasteiger partial charge in [0.25, 0.3) is 5.91 Å². The van der Waals surface area contributed by atoms with Crippen LogP contribution in [0.15, 0.2) is 60.9 Å². The van der Waals surface area contributed by atoms with Crippen LogP contribution in [0.5, 0.6) is 0 Å². The van der Waals surface area contributed by atoms with Crippen molar-refractivity contribution in [3.8, 4) is 0 Å². The molecule has 7 heteroatoms. The molecule has 0 aliphatic carbocycles. The van der Waals surface area contributed by atoms with E-state index in [0.29, 0.717) is 30.4 Å². The molecule has 1 amide bonds. The van der Waals surface area contributed by atoms with Crippen LogP contribution in [0.1, 0.15) is 41.4 Å². The normalized spacial score (nSPS) is 22.6. The van der Waals surface area contributed by atoms with E-state index in [1.807, 2.05) is 48.8 Å². The Kier molecular flexibility index (Phi) is 5.88. The third-order valence-electron chi connectivity index (χ3n) is 6.44. The molecule has 3 N–H and O–H groups in total. The maximum atomic E-state index is 12.6. The molecule has 3 aromatic rings. The Hall–Kier alpha value is -2.87. The molecular formula is C24H28N6O. The SMILES string of the molecule is O=C(NCC1CCN(C2CC(c3cccnc3)NN2)CC1)c1ccc2ccccc2n1. The number of hydrazine groups is 1. The van der Waals surface area contributed by atoms with Crippen LogP contribution in [0.4, 0.5) is 0 Å². The number of hydrogen-bond acceptors (Lipinski definition) is 6. The van der Waals surface area contributed by atoms with E-state index >= 15 is 0 Å². The van der Waals surface area contributed by atoms with Crippen molar-refractivity contribution in [2.45, 2.75) is 31.5 Å². The molecule has 5 rings (SSSR count). The summed E-state index contributed by atoms with van der Waals surface area (Å²) < 4.78 is 0. The molecule has 31 heavy (non-hydrogen) atoms. The summed E-state index contributed by atoms with van der Waals surface area (Å²) in [5.41, 5.74) is 9.41. The molecule has 2 aromatic heterocycles. The van der Waals surface area contributed by atoms with Gasteiger partial charge in [-0.3, -0.25) is 14.7 Å². The quantitative estimate of drug-likeness (QED) is 0.593. The highest BCUT2D eigenvalue weighted by atomic mass is 16.1. The van der Waals surface area contributed by atoms with Gasteiger partial charge < -0.3 is 5.32 Å². The van der Waals surface area contributed by atoms with Gasteiger partial charge in [0.1, 0.15) is 5.69 Å². The lowest BCUT2D eigenvalue weighted by atomic mass is 9.95. The van der Waals surface area contributed by atoms with Crippen molar-refractivity contribution in [1.82, 2.24) is 31.0 Å². The van der Waals surface area contributed by atoms with Gasteiger partial charge in [-0.05, 0) is 62.0 Å². The Morgan fingerprint density at radius 1 is 1.06 bits per heavy atom. The molecule has 160 valence electrons. The third-order valence-corrected chi connectivity index (χ3v) is 6.44. The Balaban J connectivity index is 1.09. The third kappa shape index (κ3) is 4.58. The van der Waals surface area contributed by atoms with Crippen LogP contribution in [0.2, 0.25) is 0 Å². The van der Waals surface area contributed by atoms with Crippen molar-refractivity contribution < 1.29 is 4.79 Å². The maximum Gasteiger partial charge on any atom is 0.269 e. The van der Waals surface area contributed by atoms with Crippen molar-refractivity contribution in [2.75, 3.05) is 19.6 Å². The highest BCUT2D eigenvalue weighted by Crippen LogP contribution is 2.26. The van der Waals surface area contributed by atoms with Gasteiger partial charge in [0.05, 0.1) is 17.7 Å². The minimum Gasteiger partial charge on any atom is -0.350 e. The summed E-state index contributed by atoms with van der Waals surface area (Å²) in [6.07, 6.45) is 7.27. The number of rotatable bonds is 5. The first kappa shape index (κ1) is 20.1. The van der Waals surface area contributed by atoms with Gasteiger partial charge in [-0.15, -0.1) is 0 Å². The zero-order chi connectivity index (χ0) is 21.0. The molecule has 0 radical (unpaired) electrons. The van der Waals surface area contributed by atoms with Crippen LogP contribution in [0, 0.1) is 5.92 Å². The number of fused-ring (bicyclic) bond motifs is 1. The van der Waals surface area contributed by atoms with E-state index in [-0.39, 0.29) is 5.91 Å². The topological polar surface area (TPSA) is 82.2 Å². The summed E-state index contributed by atoms with van der Waals surface area (Å²) in [6.45, 7) is 2.78. The molecule has 4 heterocycles. The Morgan fingerprint density at radius 3 is 2.77 bits per heavy atom. The monoisotopic (exact) mass is 416 g/mol. The fraction of sp³-hybridized carbons (Fsp3) is 0.375. The first-order valence-electron chi connectivity index (χ1n) is 11.1. The van der Waals surface area contributed by atoms with Gasteiger partial charge in [0.2, 0.25) is 0 Å². The van der Waals surface area contributed by atoms with Gasteiger partial charge in [0.15, 0.2) is 0 Å². The number of nitrogens with one attached hydrogen (secondary N) is 3. The Bertz CT molecular complexity index is 1030. The van der Waals surface area contributed by atoms with E-state index in [1.165, 1.54) is 5.56 Å².